The minimum Gasteiger partial charge on any atom is -0.311 e. The van der Waals surface area contributed by atoms with E-state index < -0.39 is 0 Å². The molecular formula is C44H36N4. The molecule has 4 nitrogen and oxygen atoms in total. The molecule has 0 aliphatic carbocycles. The molecule has 0 radical (unpaired) electrons. The summed E-state index contributed by atoms with van der Waals surface area (Å²) < 4.78 is 0. The summed E-state index contributed by atoms with van der Waals surface area (Å²) in [5.74, 6) is 0. The molecule has 0 aromatic heterocycles. The molecular weight excluding hydrogens is 585 g/mol. The molecule has 0 atom stereocenters. The lowest BCUT2D eigenvalue weighted by atomic mass is 9.99. The fourth-order valence-corrected chi connectivity index (χ4v) is 5.73. The number of hydrogen-bond acceptors (Lipinski definition) is 3. The van der Waals surface area contributed by atoms with Crippen molar-refractivity contribution in [3.05, 3.63) is 190 Å². The highest BCUT2D eigenvalue weighted by Gasteiger charge is 2.17. The summed E-state index contributed by atoms with van der Waals surface area (Å²) in [6.45, 7) is 16.4. The Morgan fingerprint density at radius 2 is 0.688 bits per heavy atom. The average Bonchev–Trinajstić information content (AvgIpc) is 3.11. The SMILES string of the molecule is [C-]#[N+]/C(=C(\C#N)c1ccc(N(c2ccc(C)cc2)c2ccc(C)cc2)cc1)c1ccc(N(c2ccc(C)cc2)c2ccc(C)cc2)cc1. The molecule has 0 amide bonds. The van der Waals surface area contributed by atoms with Crippen LogP contribution < -0.4 is 9.80 Å². The average molecular weight is 621 g/mol. The molecule has 48 heavy (non-hydrogen) atoms. The molecule has 6 rings (SSSR count). The maximum atomic E-state index is 10.3. The zero-order chi connectivity index (χ0) is 33.6. The molecule has 0 aliphatic rings. The number of anilines is 6. The summed E-state index contributed by atoms with van der Waals surface area (Å²) in [6.07, 6.45) is 0. The molecule has 0 unspecified atom stereocenters. The maximum Gasteiger partial charge on any atom is 0.212 e. The van der Waals surface area contributed by atoms with Gasteiger partial charge >= 0.3 is 0 Å². The smallest absolute Gasteiger partial charge is 0.212 e. The molecule has 6 aromatic rings. The van der Waals surface area contributed by atoms with Crippen molar-refractivity contribution in [2.45, 2.75) is 27.7 Å². The van der Waals surface area contributed by atoms with Crippen LogP contribution in [0, 0.1) is 45.6 Å². The van der Waals surface area contributed by atoms with E-state index in [4.69, 9.17) is 6.57 Å². The summed E-state index contributed by atoms with van der Waals surface area (Å²) in [4.78, 5) is 8.26. The van der Waals surface area contributed by atoms with Crippen LogP contribution in [0.3, 0.4) is 0 Å². The van der Waals surface area contributed by atoms with Gasteiger partial charge in [0.1, 0.15) is 0 Å². The van der Waals surface area contributed by atoms with Crippen molar-refractivity contribution in [3.63, 3.8) is 0 Å². The van der Waals surface area contributed by atoms with Crippen molar-refractivity contribution >= 4 is 45.4 Å². The van der Waals surface area contributed by atoms with Crippen LogP contribution in [-0.4, -0.2) is 0 Å². The Kier molecular flexibility index (Phi) is 9.19. The lowest BCUT2D eigenvalue weighted by molar-refractivity contribution is 1.27. The Hall–Kier alpha value is -6.36. The van der Waals surface area contributed by atoms with Crippen LogP contribution in [0.2, 0.25) is 0 Å². The van der Waals surface area contributed by atoms with Crippen LogP contribution >= 0.6 is 0 Å². The van der Waals surface area contributed by atoms with Gasteiger partial charge in [-0.2, -0.15) is 5.26 Å². The van der Waals surface area contributed by atoms with Gasteiger partial charge in [0.2, 0.25) is 5.70 Å². The second kappa shape index (κ2) is 14.0. The molecule has 0 spiro atoms. The Balaban J connectivity index is 1.35. The van der Waals surface area contributed by atoms with Gasteiger partial charge in [0.15, 0.2) is 0 Å². The number of nitrogens with zero attached hydrogens (tertiary/aromatic N) is 4. The van der Waals surface area contributed by atoms with Gasteiger partial charge < -0.3 is 9.80 Å². The summed E-state index contributed by atoms with van der Waals surface area (Å²) in [6, 6.07) is 51.9. The van der Waals surface area contributed by atoms with E-state index in [2.05, 4.69) is 145 Å². The standard InChI is InChI=1S/C44H36N4/c1-31-6-18-37(19-7-31)47(38-20-8-32(2)9-21-38)41-26-14-35(15-27-41)43(30-45)44(46-5)36-16-28-42(29-17-36)48(39-22-10-33(3)11-23-39)40-24-12-34(4)13-25-40/h6-29H,1-4H3/b44-43+. The van der Waals surface area contributed by atoms with E-state index in [9.17, 15) is 5.26 Å². The van der Waals surface area contributed by atoms with Crippen molar-refractivity contribution in [1.82, 2.24) is 0 Å². The van der Waals surface area contributed by atoms with Gasteiger partial charge in [-0.25, -0.2) is 4.85 Å². The van der Waals surface area contributed by atoms with Gasteiger partial charge in [-0.3, -0.25) is 0 Å². The summed E-state index contributed by atoms with van der Waals surface area (Å²) in [5, 5.41) is 10.3. The monoisotopic (exact) mass is 620 g/mol. The first-order chi connectivity index (χ1) is 23.3. The van der Waals surface area contributed by atoms with Crippen LogP contribution in [-0.2, 0) is 0 Å². The zero-order valence-corrected chi connectivity index (χ0v) is 27.6. The number of nitriles is 1. The van der Waals surface area contributed by atoms with Gasteiger partial charge in [0, 0.05) is 34.1 Å². The molecule has 0 fully saturated rings. The van der Waals surface area contributed by atoms with E-state index >= 15 is 0 Å². The molecule has 232 valence electrons. The van der Waals surface area contributed by atoms with Gasteiger partial charge in [-0.1, -0.05) is 95.1 Å². The van der Waals surface area contributed by atoms with Crippen LogP contribution in [0.4, 0.5) is 34.1 Å². The predicted molar refractivity (Wildman–Crippen MR) is 200 cm³/mol. The summed E-state index contributed by atoms with van der Waals surface area (Å²) in [5.41, 5.74) is 12.9. The minimum atomic E-state index is 0.322. The van der Waals surface area contributed by atoms with Crippen molar-refractivity contribution in [3.8, 4) is 6.07 Å². The van der Waals surface area contributed by atoms with Gasteiger partial charge in [0.05, 0.1) is 18.2 Å². The first-order valence-corrected chi connectivity index (χ1v) is 15.9. The molecule has 0 aliphatic heterocycles. The molecule has 0 saturated carbocycles. The number of benzene rings is 6. The van der Waals surface area contributed by atoms with E-state index in [-0.39, 0.29) is 0 Å². The van der Waals surface area contributed by atoms with E-state index in [0.717, 1.165) is 34.1 Å². The molecule has 4 heteroatoms. The number of allylic oxidation sites excluding steroid dienone is 1. The topological polar surface area (TPSA) is 34.6 Å². The fraction of sp³-hybridized carbons (Fsp3) is 0.0909. The largest absolute Gasteiger partial charge is 0.311 e. The molecule has 0 saturated heterocycles. The lowest BCUT2D eigenvalue weighted by Crippen LogP contribution is -2.10. The van der Waals surface area contributed by atoms with Crippen molar-refractivity contribution in [2.24, 2.45) is 0 Å². The molecule has 0 bridgehead atoms. The highest BCUT2D eigenvalue weighted by atomic mass is 15.1. The van der Waals surface area contributed by atoms with Crippen molar-refractivity contribution < 1.29 is 0 Å². The van der Waals surface area contributed by atoms with E-state index in [0.29, 0.717) is 22.4 Å². The Bertz CT molecular complexity index is 1880. The quantitative estimate of drug-likeness (QED) is 0.0964. The van der Waals surface area contributed by atoms with E-state index in [1.807, 2.05) is 48.5 Å². The zero-order valence-electron chi connectivity index (χ0n) is 27.6. The van der Waals surface area contributed by atoms with Crippen LogP contribution in [0.1, 0.15) is 33.4 Å². The maximum absolute atomic E-state index is 10.3. The summed E-state index contributed by atoms with van der Waals surface area (Å²) in [7, 11) is 0. The van der Waals surface area contributed by atoms with Crippen LogP contribution in [0.25, 0.3) is 16.1 Å². The number of rotatable bonds is 8. The normalized spacial score (nSPS) is 11.2. The van der Waals surface area contributed by atoms with Crippen molar-refractivity contribution in [2.75, 3.05) is 9.80 Å². The Morgan fingerprint density at radius 3 is 0.938 bits per heavy atom. The van der Waals surface area contributed by atoms with Gasteiger partial charge in [-0.15, -0.1) is 0 Å². The lowest BCUT2D eigenvalue weighted by Gasteiger charge is -2.26. The predicted octanol–water partition coefficient (Wildman–Crippen LogP) is 12.2. The second-order valence-corrected chi connectivity index (χ2v) is 12.1. The molecule has 0 N–H and O–H groups in total. The second-order valence-electron chi connectivity index (χ2n) is 12.1. The number of hydrogen-bond donors (Lipinski definition) is 0. The Morgan fingerprint density at radius 1 is 0.438 bits per heavy atom. The highest BCUT2D eigenvalue weighted by Crippen LogP contribution is 2.38. The first kappa shape index (κ1) is 31.6. The first-order valence-electron chi connectivity index (χ1n) is 15.9. The van der Waals surface area contributed by atoms with Crippen LogP contribution in [0.5, 0.6) is 0 Å². The third-order valence-corrected chi connectivity index (χ3v) is 8.44. The summed E-state index contributed by atoms with van der Waals surface area (Å²) >= 11 is 0. The van der Waals surface area contributed by atoms with Gasteiger partial charge in [-0.05, 0) is 112 Å². The Labute approximate surface area is 283 Å². The van der Waals surface area contributed by atoms with Gasteiger partial charge in [0.25, 0.3) is 0 Å². The third-order valence-electron chi connectivity index (χ3n) is 8.44. The van der Waals surface area contributed by atoms with Crippen molar-refractivity contribution in [1.29, 1.82) is 5.26 Å². The van der Waals surface area contributed by atoms with Crippen LogP contribution in [0.15, 0.2) is 146 Å². The minimum absolute atomic E-state index is 0.322. The third kappa shape index (κ3) is 6.75. The fourth-order valence-electron chi connectivity index (χ4n) is 5.73. The number of aryl methyl sites for hydroxylation is 4. The molecule has 6 aromatic carbocycles. The highest BCUT2D eigenvalue weighted by molar-refractivity contribution is 6.00. The van der Waals surface area contributed by atoms with E-state index in [1.54, 1.807) is 0 Å². The molecule has 0 heterocycles. The van der Waals surface area contributed by atoms with E-state index in [1.165, 1.54) is 22.3 Å².